The van der Waals surface area contributed by atoms with Crippen LogP contribution in [-0.4, -0.2) is 40.0 Å². The molecule has 1 saturated carbocycles. The number of benzene rings is 2. The fraction of sp³-hybridized carbons (Fsp3) is 0.367. The minimum absolute atomic E-state index is 0.0864. The van der Waals surface area contributed by atoms with Gasteiger partial charge in [0.2, 0.25) is 5.91 Å². The number of likely N-dealkylation sites (tertiary alicyclic amines) is 1. The van der Waals surface area contributed by atoms with E-state index in [0.29, 0.717) is 45.5 Å². The molecule has 1 saturated heterocycles. The lowest BCUT2D eigenvalue weighted by Gasteiger charge is -2.22. The molecule has 2 fully saturated rings. The van der Waals surface area contributed by atoms with Gasteiger partial charge in [-0.05, 0) is 60.6 Å². The molecule has 7 nitrogen and oxygen atoms in total. The standard InChI is InChI=1S/C30H31ClN2O5/c1-19-32-29(21-8-10-25(31)11-9-21)27(38-19)18-37-26-12-6-20(7-13-26)14-24(30(35)36)15-28(34)33-16-22-4-2-3-5-23(22)17-33/h6-14,22-23H,2-5,15-18H2,1H3,(H,35,36)/b24-14+/t22-,23+. The third-order valence-corrected chi connectivity index (χ3v) is 7.71. The maximum Gasteiger partial charge on any atom is 0.332 e. The van der Waals surface area contributed by atoms with Crippen molar-refractivity contribution in [2.75, 3.05) is 13.1 Å². The second kappa shape index (κ2) is 11.4. The molecule has 1 N–H and O–H groups in total. The average Bonchev–Trinajstić information content (AvgIpc) is 3.51. The molecule has 1 aliphatic carbocycles. The lowest BCUT2D eigenvalue weighted by atomic mass is 9.82. The summed E-state index contributed by atoms with van der Waals surface area (Å²) >= 11 is 6.00. The fourth-order valence-corrected chi connectivity index (χ4v) is 5.61. The van der Waals surface area contributed by atoms with Crippen LogP contribution in [-0.2, 0) is 16.2 Å². The number of hydrogen-bond acceptors (Lipinski definition) is 5. The van der Waals surface area contributed by atoms with Gasteiger partial charge in [-0.1, -0.05) is 48.7 Å². The highest BCUT2D eigenvalue weighted by Gasteiger charge is 2.36. The molecule has 8 heteroatoms. The predicted octanol–water partition coefficient (Wildman–Crippen LogP) is 6.39. The summed E-state index contributed by atoms with van der Waals surface area (Å²) in [5.74, 6) is 1.70. The van der Waals surface area contributed by atoms with E-state index in [0.717, 1.165) is 18.7 Å². The third kappa shape index (κ3) is 6.10. The molecule has 38 heavy (non-hydrogen) atoms. The fourth-order valence-electron chi connectivity index (χ4n) is 5.48. The number of aliphatic carboxylic acids is 1. The molecule has 1 amide bonds. The van der Waals surface area contributed by atoms with Gasteiger partial charge in [-0.3, -0.25) is 4.79 Å². The van der Waals surface area contributed by atoms with Crippen LogP contribution in [0.15, 0.2) is 58.5 Å². The Morgan fingerprint density at radius 1 is 1.08 bits per heavy atom. The first-order chi connectivity index (χ1) is 18.4. The van der Waals surface area contributed by atoms with Crippen LogP contribution >= 0.6 is 11.6 Å². The minimum Gasteiger partial charge on any atom is -0.486 e. The van der Waals surface area contributed by atoms with E-state index < -0.39 is 5.97 Å². The maximum absolute atomic E-state index is 12.9. The maximum atomic E-state index is 12.9. The van der Waals surface area contributed by atoms with Crippen molar-refractivity contribution in [2.24, 2.45) is 11.8 Å². The Morgan fingerprint density at radius 3 is 2.37 bits per heavy atom. The summed E-state index contributed by atoms with van der Waals surface area (Å²) in [4.78, 5) is 31.1. The number of fused-ring (bicyclic) bond motifs is 1. The van der Waals surface area contributed by atoms with Crippen molar-refractivity contribution in [2.45, 2.75) is 45.6 Å². The van der Waals surface area contributed by atoms with Crippen LogP contribution in [0.25, 0.3) is 17.3 Å². The molecule has 3 aromatic rings. The SMILES string of the molecule is Cc1nc(-c2ccc(Cl)cc2)c(COc2ccc(/C=C(\CC(=O)N3C[C@H]4CCCC[C@H]4C3)C(=O)O)cc2)o1. The molecular weight excluding hydrogens is 504 g/mol. The van der Waals surface area contributed by atoms with E-state index in [1.165, 1.54) is 25.7 Å². The highest BCUT2D eigenvalue weighted by molar-refractivity contribution is 6.30. The first-order valence-electron chi connectivity index (χ1n) is 13.0. The number of aryl methyl sites for hydroxylation is 1. The number of nitrogens with zero attached hydrogens (tertiary/aromatic N) is 2. The van der Waals surface area contributed by atoms with Gasteiger partial charge in [-0.2, -0.15) is 0 Å². The van der Waals surface area contributed by atoms with Crippen LogP contribution in [0.1, 0.15) is 49.3 Å². The molecular formula is C30H31ClN2O5. The number of carboxylic acid groups (broad SMARTS) is 1. The highest BCUT2D eigenvalue weighted by Crippen LogP contribution is 2.36. The summed E-state index contributed by atoms with van der Waals surface area (Å²) in [7, 11) is 0. The van der Waals surface area contributed by atoms with Crippen LogP contribution in [0.4, 0.5) is 0 Å². The van der Waals surface area contributed by atoms with Gasteiger partial charge in [0.25, 0.3) is 0 Å². The number of carbonyl (C=O) groups is 2. The van der Waals surface area contributed by atoms with E-state index in [4.69, 9.17) is 20.8 Å². The van der Waals surface area contributed by atoms with E-state index in [-0.39, 0.29) is 24.5 Å². The molecule has 2 heterocycles. The highest BCUT2D eigenvalue weighted by atomic mass is 35.5. The lowest BCUT2D eigenvalue weighted by Crippen LogP contribution is -2.29. The van der Waals surface area contributed by atoms with Crippen molar-refractivity contribution in [1.82, 2.24) is 9.88 Å². The van der Waals surface area contributed by atoms with E-state index in [1.54, 1.807) is 49.4 Å². The van der Waals surface area contributed by atoms with Gasteiger partial charge < -0.3 is 19.2 Å². The molecule has 2 aromatic carbocycles. The molecule has 1 aliphatic heterocycles. The zero-order valence-corrected chi connectivity index (χ0v) is 22.1. The van der Waals surface area contributed by atoms with E-state index in [9.17, 15) is 14.7 Å². The first-order valence-corrected chi connectivity index (χ1v) is 13.4. The lowest BCUT2D eigenvalue weighted by molar-refractivity contribution is -0.136. The van der Waals surface area contributed by atoms with Crippen molar-refractivity contribution >= 4 is 29.6 Å². The smallest absolute Gasteiger partial charge is 0.332 e. The Labute approximate surface area is 227 Å². The van der Waals surface area contributed by atoms with Gasteiger partial charge >= 0.3 is 5.97 Å². The molecule has 0 unspecified atom stereocenters. The molecule has 2 aliphatic rings. The summed E-state index contributed by atoms with van der Waals surface area (Å²) in [5, 5.41) is 10.4. The average molecular weight is 535 g/mol. The summed E-state index contributed by atoms with van der Waals surface area (Å²) < 4.78 is 11.7. The van der Waals surface area contributed by atoms with Gasteiger partial charge in [0.15, 0.2) is 11.7 Å². The first kappa shape index (κ1) is 26.0. The van der Waals surface area contributed by atoms with Crippen LogP contribution in [0, 0.1) is 18.8 Å². The molecule has 1 aromatic heterocycles. The van der Waals surface area contributed by atoms with Crippen molar-refractivity contribution in [1.29, 1.82) is 0 Å². The summed E-state index contributed by atoms with van der Waals surface area (Å²) in [6.45, 7) is 3.48. The van der Waals surface area contributed by atoms with Gasteiger partial charge in [-0.25, -0.2) is 9.78 Å². The quantitative estimate of drug-likeness (QED) is 0.337. The van der Waals surface area contributed by atoms with Crippen LogP contribution < -0.4 is 4.74 Å². The topological polar surface area (TPSA) is 92.9 Å². The predicted molar refractivity (Wildman–Crippen MR) is 145 cm³/mol. The number of aromatic nitrogens is 1. The monoisotopic (exact) mass is 534 g/mol. The minimum atomic E-state index is -1.08. The summed E-state index contributed by atoms with van der Waals surface area (Å²) in [6.07, 6.45) is 6.25. The zero-order chi connectivity index (χ0) is 26.6. The van der Waals surface area contributed by atoms with Crippen LogP contribution in [0.5, 0.6) is 5.75 Å². The van der Waals surface area contributed by atoms with E-state index in [1.807, 2.05) is 17.0 Å². The Morgan fingerprint density at radius 2 is 1.74 bits per heavy atom. The number of ether oxygens (including phenoxy) is 1. The molecule has 5 rings (SSSR count). The van der Waals surface area contributed by atoms with Crippen LogP contribution in [0.3, 0.4) is 0 Å². The molecule has 2 atom stereocenters. The largest absolute Gasteiger partial charge is 0.486 e. The third-order valence-electron chi connectivity index (χ3n) is 7.46. The Kier molecular flexibility index (Phi) is 7.84. The van der Waals surface area contributed by atoms with Gasteiger partial charge in [0, 0.05) is 36.2 Å². The molecule has 0 bridgehead atoms. The van der Waals surface area contributed by atoms with E-state index >= 15 is 0 Å². The second-order valence-electron chi connectivity index (χ2n) is 10.1. The Hall–Kier alpha value is -3.58. The number of carbonyl (C=O) groups excluding carboxylic acids is 1. The number of oxazole rings is 1. The number of halogens is 1. The zero-order valence-electron chi connectivity index (χ0n) is 21.4. The van der Waals surface area contributed by atoms with Gasteiger partial charge in [0.05, 0.1) is 6.42 Å². The normalized spacial score (nSPS) is 19.3. The van der Waals surface area contributed by atoms with Gasteiger partial charge in [0.1, 0.15) is 18.1 Å². The number of amides is 1. The molecule has 0 radical (unpaired) electrons. The van der Waals surface area contributed by atoms with Crippen molar-refractivity contribution in [3.8, 4) is 17.0 Å². The number of hydrogen-bond donors (Lipinski definition) is 1. The number of carboxylic acids is 1. The second-order valence-corrected chi connectivity index (χ2v) is 10.6. The molecule has 0 spiro atoms. The summed E-state index contributed by atoms with van der Waals surface area (Å²) in [5.41, 5.74) is 2.36. The Bertz CT molecular complexity index is 1320. The summed E-state index contributed by atoms with van der Waals surface area (Å²) in [6, 6.07) is 14.4. The number of rotatable bonds is 8. The van der Waals surface area contributed by atoms with Crippen molar-refractivity contribution < 1.29 is 23.8 Å². The molecule has 198 valence electrons. The van der Waals surface area contributed by atoms with Gasteiger partial charge in [-0.15, -0.1) is 0 Å². The van der Waals surface area contributed by atoms with E-state index in [2.05, 4.69) is 4.98 Å². The Balaban J connectivity index is 1.22. The van der Waals surface area contributed by atoms with Crippen molar-refractivity contribution in [3.05, 3.63) is 76.3 Å². The van der Waals surface area contributed by atoms with Crippen molar-refractivity contribution in [3.63, 3.8) is 0 Å². The van der Waals surface area contributed by atoms with Crippen LogP contribution in [0.2, 0.25) is 5.02 Å².